The second kappa shape index (κ2) is 7.80. The molecule has 0 unspecified atom stereocenters. The third-order valence-corrected chi connectivity index (χ3v) is 5.61. The van der Waals surface area contributed by atoms with Crippen LogP contribution in [0.4, 0.5) is 5.82 Å². The molecule has 4 rings (SSSR count). The lowest BCUT2D eigenvalue weighted by Gasteiger charge is -2.29. The predicted molar refractivity (Wildman–Crippen MR) is 107 cm³/mol. The Bertz CT molecular complexity index is 837. The van der Waals surface area contributed by atoms with Crippen molar-refractivity contribution >= 4 is 5.82 Å². The Morgan fingerprint density at radius 3 is 2.67 bits per heavy atom. The molecule has 0 aliphatic carbocycles. The van der Waals surface area contributed by atoms with E-state index in [1.807, 2.05) is 6.20 Å². The van der Waals surface area contributed by atoms with Crippen LogP contribution in [-0.4, -0.2) is 39.5 Å². The average molecular weight is 367 g/mol. The minimum atomic E-state index is 0.0203. The average Bonchev–Trinajstić information content (AvgIpc) is 2.69. The van der Waals surface area contributed by atoms with Gasteiger partial charge in [0.2, 0.25) is 0 Å². The SMILES string of the molecule is CC(C)c1nc2c(c(=O)[nH]1)CN(Cc1ccc(N3CCCCC3)nc1)CC2. The van der Waals surface area contributed by atoms with Gasteiger partial charge in [-0.2, -0.15) is 0 Å². The van der Waals surface area contributed by atoms with Crippen LogP contribution in [0.5, 0.6) is 0 Å². The molecule has 0 atom stereocenters. The van der Waals surface area contributed by atoms with E-state index in [1.165, 1.54) is 24.8 Å². The number of H-pyrrole nitrogens is 1. The van der Waals surface area contributed by atoms with Crippen LogP contribution in [0.15, 0.2) is 23.1 Å². The van der Waals surface area contributed by atoms with E-state index in [2.05, 4.69) is 50.7 Å². The third kappa shape index (κ3) is 4.05. The summed E-state index contributed by atoms with van der Waals surface area (Å²) in [6.07, 6.45) is 6.68. The van der Waals surface area contributed by atoms with Crippen LogP contribution >= 0.6 is 0 Å². The topological polar surface area (TPSA) is 65.1 Å². The maximum atomic E-state index is 12.5. The number of fused-ring (bicyclic) bond motifs is 1. The van der Waals surface area contributed by atoms with Crippen LogP contribution in [0, 0.1) is 0 Å². The first-order chi connectivity index (χ1) is 13.1. The van der Waals surface area contributed by atoms with Gasteiger partial charge in [0.15, 0.2) is 0 Å². The van der Waals surface area contributed by atoms with E-state index in [0.29, 0.717) is 6.54 Å². The fraction of sp³-hybridized carbons (Fsp3) is 0.571. The molecule has 1 saturated heterocycles. The van der Waals surface area contributed by atoms with E-state index >= 15 is 0 Å². The molecule has 27 heavy (non-hydrogen) atoms. The molecule has 0 amide bonds. The highest BCUT2D eigenvalue weighted by Crippen LogP contribution is 2.20. The second-order valence-electron chi connectivity index (χ2n) is 8.06. The number of piperidine rings is 1. The summed E-state index contributed by atoms with van der Waals surface area (Å²) in [6.45, 7) is 8.74. The van der Waals surface area contributed by atoms with Crippen molar-refractivity contribution in [3.8, 4) is 0 Å². The van der Waals surface area contributed by atoms with Gasteiger partial charge in [-0.05, 0) is 30.9 Å². The molecule has 2 aromatic rings. The Kier molecular flexibility index (Phi) is 5.25. The lowest BCUT2D eigenvalue weighted by Crippen LogP contribution is -2.36. The smallest absolute Gasteiger partial charge is 0.255 e. The van der Waals surface area contributed by atoms with E-state index in [4.69, 9.17) is 0 Å². The molecule has 2 aliphatic heterocycles. The minimum Gasteiger partial charge on any atom is -0.357 e. The molecule has 0 spiro atoms. The summed E-state index contributed by atoms with van der Waals surface area (Å²) in [5.74, 6) is 2.12. The molecule has 6 nitrogen and oxygen atoms in total. The first-order valence-corrected chi connectivity index (χ1v) is 10.1. The van der Waals surface area contributed by atoms with Gasteiger partial charge in [-0.3, -0.25) is 9.69 Å². The lowest BCUT2D eigenvalue weighted by molar-refractivity contribution is 0.241. The number of aromatic nitrogens is 3. The summed E-state index contributed by atoms with van der Waals surface area (Å²) in [7, 11) is 0. The van der Waals surface area contributed by atoms with Crippen LogP contribution in [0.25, 0.3) is 0 Å². The number of hydrogen-bond donors (Lipinski definition) is 1. The van der Waals surface area contributed by atoms with Gasteiger partial charge in [0.1, 0.15) is 11.6 Å². The molecule has 0 radical (unpaired) electrons. The van der Waals surface area contributed by atoms with Crippen molar-refractivity contribution in [2.75, 3.05) is 24.5 Å². The predicted octanol–water partition coefficient (Wildman–Crippen LogP) is 2.84. The monoisotopic (exact) mass is 367 g/mol. The van der Waals surface area contributed by atoms with Gasteiger partial charge in [-0.25, -0.2) is 9.97 Å². The molecule has 0 saturated carbocycles. The van der Waals surface area contributed by atoms with E-state index in [1.54, 1.807) is 0 Å². The summed E-state index contributed by atoms with van der Waals surface area (Å²) < 4.78 is 0. The van der Waals surface area contributed by atoms with E-state index in [0.717, 1.165) is 55.5 Å². The summed E-state index contributed by atoms with van der Waals surface area (Å²) in [5.41, 5.74) is 3.01. The quantitative estimate of drug-likeness (QED) is 0.900. The van der Waals surface area contributed by atoms with Gasteiger partial charge in [-0.1, -0.05) is 19.9 Å². The maximum Gasteiger partial charge on any atom is 0.255 e. The molecule has 0 aromatic carbocycles. The number of rotatable bonds is 4. The van der Waals surface area contributed by atoms with E-state index in [-0.39, 0.29) is 11.5 Å². The molecule has 6 heteroatoms. The Labute approximate surface area is 160 Å². The molecular formula is C21H29N5O. The van der Waals surface area contributed by atoms with Gasteiger partial charge >= 0.3 is 0 Å². The molecule has 0 bridgehead atoms. The first kappa shape index (κ1) is 18.2. The number of hydrogen-bond acceptors (Lipinski definition) is 5. The van der Waals surface area contributed by atoms with Crippen molar-refractivity contribution in [2.45, 2.75) is 58.5 Å². The first-order valence-electron chi connectivity index (χ1n) is 10.1. The fourth-order valence-corrected chi connectivity index (χ4v) is 3.99. The highest BCUT2D eigenvalue weighted by Gasteiger charge is 2.22. The van der Waals surface area contributed by atoms with Crippen molar-refractivity contribution in [1.29, 1.82) is 0 Å². The number of aromatic amines is 1. The zero-order valence-electron chi connectivity index (χ0n) is 16.4. The summed E-state index contributed by atoms with van der Waals surface area (Å²) in [5, 5.41) is 0. The number of nitrogens with one attached hydrogen (secondary N) is 1. The van der Waals surface area contributed by atoms with Crippen LogP contribution in [-0.2, 0) is 19.5 Å². The zero-order valence-corrected chi connectivity index (χ0v) is 16.4. The van der Waals surface area contributed by atoms with Gasteiger partial charge in [0.25, 0.3) is 5.56 Å². The number of pyridine rings is 1. The number of nitrogens with zero attached hydrogens (tertiary/aromatic N) is 4. The Hall–Kier alpha value is -2.21. The Morgan fingerprint density at radius 2 is 1.96 bits per heavy atom. The zero-order chi connectivity index (χ0) is 18.8. The minimum absolute atomic E-state index is 0.0203. The highest BCUT2D eigenvalue weighted by atomic mass is 16.1. The lowest BCUT2D eigenvalue weighted by atomic mass is 10.1. The third-order valence-electron chi connectivity index (χ3n) is 5.61. The van der Waals surface area contributed by atoms with Crippen LogP contribution in [0.3, 0.4) is 0 Å². The molecule has 4 heterocycles. The van der Waals surface area contributed by atoms with Crippen LogP contribution in [0.1, 0.15) is 61.7 Å². The second-order valence-corrected chi connectivity index (χ2v) is 8.06. The standard InChI is InChI=1S/C21H29N5O/c1-15(2)20-23-18-8-11-25(14-17(18)21(27)24-20)13-16-6-7-19(22-12-16)26-9-4-3-5-10-26/h6-7,12,15H,3-5,8-11,13-14H2,1-2H3,(H,23,24,27). The van der Waals surface area contributed by atoms with Crippen molar-refractivity contribution in [3.05, 3.63) is 51.3 Å². The number of anilines is 1. The molecule has 144 valence electrons. The summed E-state index contributed by atoms with van der Waals surface area (Å²) >= 11 is 0. The summed E-state index contributed by atoms with van der Waals surface area (Å²) in [6, 6.07) is 4.32. The van der Waals surface area contributed by atoms with Gasteiger partial charge in [0, 0.05) is 51.3 Å². The highest BCUT2D eigenvalue weighted by molar-refractivity contribution is 5.39. The Balaban J connectivity index is 1.43. The van der Waals surface area contributed by atoms with Gasteiger partial charge in [-0.15, -0.1) is 0 Å². The van der Waals surface area contributed by atoms with Crippen LogP contribution in [0.2, 0.25) is 0 Å². The molecular weight excluding hydrogens is 338 g/mol. The van der Waals surface area contributed by atoms with Gasteiger partial charge < -0.3 is 9.88 Å². The van der Waals surface area contributed by atoms with Crippen molar-refractivity contribution < 1.29 is 0 Å². The van der Waals surface area contributed by atoms with Crippen molar-refractivity contribution in [3.63, 3.8) is 0 Å². The maximum absolute atomic E-state index is 12.5. The summed E-state index contributed by atoms with van der Waals surface area (Å²) in [4.78, 5) is 29.5. The molecule has 1 fully saturated rings. The largest absolute Gasteiger partial charge is 0.357 e. The van der Waals surface area contributed by atoms with Crippen molar-refractivity contribution in [1.82, 2.24) is 19.9 Å². The van der Waals surface area contributed by atoms with E-state index < -0.39 is 0 Å². The van der Waals surface area contributed by atoms with E-state index in [9.17, 15) is 4.79 Å². The Morgan fingerprint density at radius 1 is 1.15 bits per heavy atom. The van der Waals surface area contributed by atoms with Crippen molar-refractivity contribution in [2.24, 2.45) is 0 Å². The molecule has 1 N–H and O–H groups in total. The molecule has 2 aromatic heterocycles. The van der Waals surface area contributed by atoms with Gasteiger partial charge in [0.05, 0.1) is 11.3 Å². The molecule has 2 aliphatic rings. The fourth-order valence-electron chi connectivity index (χ4n) is 3.99. The normalized spacial score (nSPS) is 18.0. The van der Waals surface area contributed by atoms with Crippen LogP contribution < -0.4 is 10.5 Å².